The summed E-state index contributed by atoms with van der Waals surface area (Å²) in [6.45, 7) is 1.81. The van der Waals surface area contributed by atoms with Gasteiger partial charge in [-0.3, -0.25) is 19.7 Å². The Morgan fingerprint density at radius 3 is 2.42 bits per heavy atom. The predicted octanol–water partition coefficient (Wildman–Crippen LogP) is 3.59. The molecule has 2 N–H and O–H groups in total. The number of carbonyl (C=O) groups excluding carboxylic acids is 3. The number of amides is 2. The summed E-state index contributed by atoms with van der Waals surface area (Å²) < 4.78 is 0. The fourth-order valence-electron chi connectivity index (χ4n) is 2.11. The molecule has 132 valence electrons. The minimum Gasteiger partial charge on any atom is -0.347 e. The van der Waals surface area contributed by atoms with Gasteiger partial charge in [-0.1, -0.05) is 18.2 Å². The van der Waals surface area contributed by atoms with Crippen LogP contribution in [0.5, 0.6) is 0 Å². The number of aromatic nitrogens is 1. The molecule has 0 atom stereocenters. The van der Waals surface area contributed by atoms with Crippen LogP contribution in [-0.4, -0.2) is 22.6 Å². The second-order valence-corrected chi connectivity index (χ2v) is 7.21. The Morgan fingerprint density at radius 1 is 1.04 bits per heavy atom. The van der Waals surface area contributed by atoms with E-state index in [9.17, 15) is 14.4 Å². The van der Waals surface area contributed by atoms with E-state index >= 15 is 0 Å². The summed E-state index contributed by atoms with van der Waals surface area (Å²) in [5.74, 6) is -0.564. The van der Waals surface area contributed by atoms with Gasteiger partial charge in [-0.05, 0) is 29.1 Å². The fourth-order valence-corrected chi connectivity index (χ4v) is 3.50. The molecule has 2 amide bonds. The number of nitrogens with zero attached hydrogens (tertiary/aromatic N) is 1. The van der Waals surface area contributed by atoms with Crippen LogP contribution < -0.4 is 10.6 Å². The van der Waals surface area contributed by atoms with Crippen LogP contribution in [0.4, 0.5) is 5.13 Å². The van der Waals surface area contributed by atoms with Crippen molar-refractivity contribution in [3.63, 3.8) is 0 Å². The van der Waals surface area contributed by atoms with E-state index in [1.807, 2.05) is 11.4 Å². The summed E-state index contributed by atoms with van der Waals surface area (Å²) in [5, 5.41) is 9.35. The van der Waals surface area contributed by atoms with Gasteiger partial charge in [0.1, 0.15) is 5.69 Å². The molecule has 0 fully saturated rings. The summed E-state index contributed by atoms with van der Waals surface area (Å²) in [5.41, 5.74) is 1.69. The molecule has 0 spiro atoms. The van der Waals surface area contributed by atoms with Crippen LogP contribution in [-0.2, 0) is 6.54 Å². The van der Waals surface area contributed by atoms with Crippen molar-refractivity contribution in [2.75, 3.05) is 5.32 Å². The maximum atomic E-state index is 12.2. The van der Waals surface area contributed by atoms with Crippen LogP contribution in [0, 0.1) is 0 Å². The van der Waals surface area contributed by atoms with Gasteiger partial charge < -0.3 is 5.32 Å². The number of benzene rings is 1. The van der Waals surface area contributed by atoms with E-state index in [4.69, 9.17) is 0 Å². The molecule has 1 aromatic carbocycles. The summed E-state index contributed by atoms with van der Waals surface area (Å²) in [7, 11) is 0. The van der Waals surface area contributed by atoms with Gasteiger partial charge in [0, 0.05) is 24.4 Å². The van der Waals surface area contributed by atoms with Crippen LogP contribution in [0.25, 0.3) is 0 Å². The van der Waals surface area contributed by atoms with Gasteiger partial charge in [0.05, 0.1) is 4.88 Å². The molecule has 6 nitrogen and oxygen atoms in total. The number of nitrogens with one attached hydrogen (secondary N) is 2. The first kappa shape index (κ1) is 18.0. The van der Waals surface area contributed by atoms with E-state index in [2.05, 4.69) is 15.6 Å². The SMILES string of the molecule is CC(=O)c1csc(NC(=O)c2ccc(CNC(=O)c3cccs3)cc2)n1. The van der Waals surface area contributed by atoms with E-state index < -0.39 is 0 Å². The lowest BCUT2D eigenvalue weighted by molar-refractivity contribution is 0.0953. The highest BCUT2D eigenvalue weighted by atomic mass is 32.1. The normalized spacial score (nSPS) is 10.3. The van der Waals surface area contributed by atoms with Crippen molar-refractivity contribution >= 4 is 45.4 Å². The average Bonchev–Trinajstić information content (AvgIpc) is 3.32. The number of hydrogen-bond donors (Lipinski definition) is 2. The number of hydrogen-bond acceptors (Lipinski definition) is 6. The third-order valence-electron chi connectivity index (χ3n) is 3.50. The smallest absolute Gasteiger partial charge is 0.261 e. The first-order valence-electron chi connectivity index (χ1n) is 7.71. The second kappa shape index (κ2) is 8.03. The van der Waals surface area contributed by atoms with Crippen molar-refractivity contribution in [2.45, 2.75) is 13.5 Å². The van der Waals surface area contributed by atoms with Gasteiger partial charge in [0.2, 0.25) is 0 Å². The predicted molar refractivity (Wildman–Crippen MR) is 102 cm³/mol. The van der Waals surface area contributed by atoms with Crippen LogP contribution >= 0.6 is 22.7 Å². The maximum Gasteiger partial charge on any atom is 0.261 e. The van der Waals surface area contributed by atoms with E-state index in [0.717, 1.165) is 5.56 Å². The van der Waals surface area contributed by atoms with Crippen molar-refractivity contribution in [3.8, 4) is 0 Å². The summed E-state index contributed by atoms with van der Waals surface area (Å²) in [4.78, 5) is 40.1. The van der Waals surface area contributed by atoms with E-state index in [-0.39, 0.29) is 17.6 Å². The lowest BCUT2D eigenvalue weighted by atomic mass is 10.1. The number of rotatable bonds is 6. The van der Waals surface area contributed by atoms with Crippen molar-refractivity contribution in [1.82, 2.24) is 10.3 Å². The quantitative estimate of drug-likeness (QED) is 0.635. The van der Waals surface area contributed by atoms with Gasteiger partial charge in [0.15, 0.2) is 10.9 Å². The zero-order valence-electron chi connectivity index (χ0n) is 13.8. The maximum absolute atomic E-state index is 12.2. The molecule has 0 aliphatic heterocycles. The van der Waals surface area contributed by atoms with Crippen LogP contribution in [0.3, 0.4) is 0 Å². The van der Waals surface area contributed by atoms with E-state index in [0.29, 0.717) is 27.8 Å². The fraction of sp³-hybridized carbons (Fsp3) is 0.111. The number of anilines is 1. The number of Topliss-reactive ketones (excluding diaryl/α,β-unsaturated/α-hetero) is 1. The molecule has 26 heavy (non-hydrogen) atoms. The topological polar surface area (TPSA) is 88.2 Å². The second-order valence-electron chi connectivity index (χ2n) is 5.41. The van der Waals surface area contributed by atoms with Crippen molar-refractivity contribution in [1.29, 1.82) is 0 Å². The number of thiazole rings is 1. The minimum atomic E-state index is -0.302. The van der Waals surface area contributed by atoms with Crippen molar-refractivity contribution in [2.24, 2.45) is 0 Å². The van der Waals surface area contributed by atoms with Gasteiger partial charge in [-0.2, -0.15) is 0 Å². The molecular formula is C18H15N3O3S2. The number of thiophene rings is 1. The molecule has 8 heteroatoms. The molecule has 0 aliphatic rings. The Bertz CT molecular complexity index is 931. The molecule has 0 aliphatic carbocycles. The largest absolute Gasteiger partial charge is 0.347 e. The Kier molecular flexibility index (Phi) is 5.55. The average molecular weight is 385 g/mol. The Labute approximate surface area is 157 Å². The molecule has 0 saturated heterocycles. The Hall–Kier alpha value is -2.84. The highest BCUT2D eigenvalue weighted by Crippen LogP contribution is 2.17. The third kappa shape index (κ3) is 4.41. The monoisotopic (exact) mass is 385 g/mol. The molecular weight excluding hydrogens is 370 g/mol. The van der Waals surface area contributed by atoms with E-state index in [1.54, 1.807) is 35.7 Å². The lowest BCUT2D eigenvalue weighted by Crippen LogP contribution is -2.21. The summed E-state index contributed by atoms with van der Waals surface area (Å²) >= 11 is 2.59. The molecule has 3 aromatic rings. The zero-order chi connectivity index (χ0) is 18.5. The van der Waals surface area contributed by atoms with Crippen LogP contribution in [0.15, 0.2) is 47.2 Å². The molecule has 2 heterocycles. The van der Waals surface area contributed by atoms with Gasteiger partial charge in [-0.25, -0.2) is 4.98 Å². The summed E-state index contributed by atoms with van der Waals surface area (Å²) in [6, 6.07) is 10.5. The molecule has 0 bridgehead atoms. The first-order chi connectivity index (χ1) is 12.5. The van der Waals surface area contributed by atoms with Gasteiger partial charge in [0.25, 0.3) is 11.8 Å². The lowest BCUT2D eigenvalue weighted by Gasteiger charge is -2.06. The van der Waals surface area contributed by atoms with Gasteiger partial charge >= 0.3 is 0 Å². The Balaban J connectivity index is 1.57. The standard InChI is InChI=1S/C18H15N3O3S2/c1-11(22)14-10-26-18(20-14)21-16(23)13-6-4-12(5-7-13)9-19-17(24)15-3-2-8-25-15/h2-8,10H,9H2,1H3,(H,19,24)(H,20,21,23). The summed E-state index contributed by atoms with van der Waals surface area (Å²) in [6.07, 6.45) is 0. The Morgan fingerprint density at radius 2 is 1.81 bits per heavy atom. The van der Waals surface area contributed by atoms with Gasteiger partial charge in [-0.15, -0.1) is 22.7 Å². The number of ketones is 1. The number of carbonyl (C=O) groups is 3. The molecule has 3 rings (SSSR count). The molecule has 2 aromatic heterocycles. The van der Waals surface area contributed by atoms with Crippen LogP contribution in [0.1, 0.15) is 43.0 Å². The zero-order valence-corrected chi connectivity index (χ0v) is 15.4. The highest BCUT2D eigenvalue weighted by Gasteiger charge is 2.11. The third-order valence-corrected chi connectivity index (χ3v) is 5.13. The molecule has 0 saturated carbocycles. The van der Waals surface area contributed by atoms with Crippen LogP contribution in [0.2, 0.25) is 0 Å². The minimum absolute atomic E-state index is 0.119. The molecule has 0 unspecified atom stereocenters. The molecule has 0 radical (unpaired) electrons. The van der Waals surface area contributed by atoms with Crippen molar-refractivity contribution in [3.05, 3.63) is 68.9 Å². The van der Waals surface area contributed by atoms with E-state index in [1.165, 1.54) is 29.6 Å². The van der Waals surface area contributed by atoms with Crippen molar-refractivity contribution < 1.29 is 14.4 Å². The first-order valence-corrected chi connectivity index (χ1v) is 9.47. The highest BCUT2D eigenvalue weighted by molar-refractivity contribution is 7.14.